The maximum atomic E-state index is 6.09. The van der Waals surface area contributed by atoms with E-state index >= 15 is 0 Å². The second-order valence-corrected chi connectivity index (χ2v) is 5.63. The van der Waals surface area contributed by atoms with E-state index in [1.54, 1.807) is 0 Å². The van der Waals surface area contributed by atoms with Gasteiger partial charge in [-0.25, -0.2) is 0 Å². The molecule has 2 aromatic rings. The highest BCUT2D eigenvalue weighted by Crippen LogP contribution is 2.31. The lowest BCUT2D eigenvalue weighted by molar-refractivity contribution is 0.249. The van der Waals surface area contributed by atoms with Crippen LogP contribution >= 0.6 is 0 Å². The van der Waals surface area contributed by atoms with Crippen molar-refractivity contribution in [3.63, 3.8) is 0 Å². The lowest BCUT2D eigenvalue weighted by Crippen LogP contribution is -2.25. The van der Waals surface area contributed by atoms with Gasteiger partial charge in [0.05, 0.1) is 6.61 Å². The van der Waals surface area contributed by atoms with E-state index in [-0.39, 0.29) is 0 Å². The summed E-state index contributed by atoms with van der Waals surface area (Å²) in [5, 5.41) is 0. The maximum Gasteiger partial charge on any atom is 0.127 e. The van der Waals surface area contributed by atoms with E-state index in [9.17, 15) is 0 Å². The van der Waals surface area contributed by atoms with E-state index in [2.05, 4.69) is 61.2 Å². The number of rotatable bonds is 9. The number of nitrogens with two attached hydrogens (primary N) is 1. The second-order valence-electron chi connectivity index (χ2n) is 5.63. The molecule has 0 aromatic heterocycles. The van der Waals surface area contributed by atoms with E-state index in [1.165, 1.54) is 5.56 Å². The van der Waals surface area contributed by atoms with Gasteiger partial charge in [0.2, 0.25) is 0 Å². The minimum atomic E-state index is 0.533. The van der Waals surface area contributed by atoms with Crippen LogP contribution in [0.15, 0.2) is 48.5 Å². The molecule has 2 rings (SSSR count). The summed E-state index contributed by atoms with van der Waals surface area (Å²) in [7, 11) is 0. The Labute approximate surface area is 140 Å². The summed E-state index contributed by atoms with van der Waals surface area (Å²) >= 11 is 0. The first kappa shape index (κ1) is 17.5. The first-order valence-corrected chi connectivity index (χ1v) is 8.52. The van der Waals surface area contributed by atoms with Crippen molar-refractivity contribution in [2.24, 2.45) is 5.73 Å². The Morgan fingerprint density at radius 2 is 1.74 bits per heavy atom. The molecule has 0 heterocycles. The van der Waals surface area contributed by atoms with Gasteiger partial charge < -0.3 is 15.4 Å². The molecule has 0 atom stereocenters. The molecule has 124 valence electrons. The topological polar surface area (TPSA) is 38.5 Å². The van der Waals surface area contributed by atoms with Crippen molar-refractivity contribution in [3.8, 4) is 16.9 Å². The highest BCUT2D eigenvalue weighted by molar-refractivity contribution is 5.70. The van der Waals surface area contributed by atoms with Gasteiger partial charge in [-0.05, 0) is 36.7 Å². The Kier molecular flexibility index (Phi) is 7.11. The second kappa shape index (κ2) is 9.33. The predicted molar refractivity (Wildman–Crippen MR) is 97.7 cm³/mol. The van der Waals surface area contributed by atoms with E-state index in [1.807, 2.05) is 6.07 Å². The maximum absolute atomic E-state index is 6.09. The van der Waals surface area contributed by atoms with Gasteiger partial charge in [0.25, 0.3) is 0 Å². The Morgan fingerprint density at radius 3 is 2.39 bits per heavy atom. The number of benzene rings is 2. The van der Waals surface area contributed by atoms with E-state index < -0.39 is 0 Å². The fourth-order valence-electron chi connectivity index (χ4n) is 2.68. The zero-order valence-electron chi connectivity index (χ0n) is 14.3. The smallest absolute Gasteiger partial charge is 0.127 e. The lowest BCUT2D eigenvalue weighted by atomic mass is 10.0. The van der Waals surface area contributed by atoms with Crippen molar-refractivity contribution in [2.45, 2.75) is 26.8 Å². The van der Waals surface area contributed by atoms with Crippen molar-refractivity contribution in [3.05, 3.63) is 54.1 Å². The number of ether oxygens (including phenoxy) is 1. The highest BCUT2D eigenvalue weighted by Gasteiger charge is 2.08. The highest BCUT2D eigenvalue weighted by atomic mass is 16.5. The van der Waals surface area contributed by atoms with Crippen molar-refractivity contribution in [2.75, 3.05) is 26.2 Å². The van der Waals surface area contributed by atoms with Crippen LogP contribution in [0.1, 0.15) is 25.8 Å². The summed E-state index contributed by atoms with van der Waals surface area (Å²) in [6, 6.07) is 16.6. The Balaban J connectivity index is 2.07. The SMILES string of the molecule is CCN(CC)CCCOc1cc(CN)ccc1-c1ccccc1. The van der Waals surface area contributed by atoms with Crippen LogP contribution in [0.5, 0.6) is 5.75 Å². The molecule has 0 unspecified atom stereocenters. The molecule has 2 aromatic carbocycles. The van der Waals surface area contributed by atoms with Gasteiger partial charge in [-0.3, -0.25) is 0 Å². The molecular weight excluding hydrogens is 284 g/mol. The van der Waals surface area contributed by atoms with Crippen LogP contribution in [0, 0.1) is 0 Å². The summed E-state index contributed by atoms with van der Waals surface area (Å²) in [5.41, 5.74) is 9.18. The third-order valence-corrected chi connectivity index (χ3v) is 4.14. The van der Waals surface area contributed by atoms with E-state index in [0.29, 0.717) is 6.54 Å². The van der Waals surface area contributed by atoms with Crippen LogP contribution in [0.25, 0.3) is 11.1 Å². The normalized spacial score (nSPS) is 11.0. The molecule has 23 heavy (non-hydrogen) atoms. The van der Waals surface area contributed by atoms with Crippen molar-refractivity contribution >= 4 is 0 Å². The predicted octanol–water partition coefficient (Wildman–Crippen LogP) is 3.92. The van der Waals surface area contributed by atoms with Crippen LogP contribution in [-0.4, -0.2) is 31.1 Å². The zero-order valence-corrected chi connectivity index (χ0v) is 14.3. The first-order chi connectivity index (χ1) is 11.3. The largest absolute Gasteiger partial charge is 0.493 e. The summed E-state index contributed by atoms with van der Waals surface area (Å²) in [6.45, 7) is 8.91. The van der Waals surface area contributed by atoms with Crippen LogP contribution in [0.4, 0.5) is 0 Å². The Morgan fingerprint density at radius 1 is 1.00 bits per heavy atom. The van der Waals surface area contributed by atoms with Gasteiger partial charge >= 0.3 is 0 Å². The number of hydrogen-bond donors (Lipinski definition) is 1. The average Bonchev–Trinajstić information content (AvgIpc) is 2.62. The van der Waals surface area contributed by atoms with Crippen LogP contribution in [0.2, 0.25) is 0 Å². The molecular formula is C20H28N2O. The van der Waals surface area contributed by atoms with E-state index in [4.69, 9.17) is 10.5 Å². The molecule has 0 aliphatic carbocycles. The molecule has 0 bridgehead atoms. The Hall–Kier alpha value is -1.84. The molecule has 3 heteroatoms. The molecule has 3 nitrogen and oxygen atoms in total. The minimum Gasteiger partial charge on any atom is -0.493 e. The summed E-state index contributed by atoms with van der Waals surface area (Å²) in [5.74, 6) is 0.929. The molecule has 0 aliphatic heterocycles. The van der Waals surface area contributed by atoms with E-state index in [0.717, 1.165) is 49.5 Å². The van der Waals surface area contributed by atoms with Crippen molar-refractivity contribution < 1.29 is 4.74 Å². The fourth-order valence-corrected chi connectivity index (χ4v) is 2.68. The zero-order chi connectivity index (χ0) is 16.5. The third-order valence-electron chi connectivity index (χ3n) is 4.14. The summed E-state index contributed by atoms with van der Waals surface area (Å²) in [6.07, 6.45) is 1.03. The quantitative estimate of drug-likeness (QED) is 0.713. The van der Waals surface area contributed by atoms with Gasteiger partial charge in [-0.1, -0.05) is 56.3 Å². The monoisotopic (exact) mass is 312 g/mol. The van der Waals surface area contributed by atoms with Gasteiger partial charge in [-0.15, -0.1) is 0 Å². The molecule has 0 saturated carbocycles. The average molecular weight is 312 g/mol. The number of hydrogen-bond acceptors (Lipinski definition) is 3. The first-order valence-electron chi connectivity index (χ1n) is 8.52. The summed E-state index contributed by atoms with van der Waals surface area (Å²) < 4.78 is 6.09. The van der Waals surface area contributed by atoms with Gasteiger partial charge in [0.1, 0.15) is 5.75 Å². The fraction of sp³-hybridized carbons (Fsp3) is 0.400. The summed E-state index contributed by atoms with van der Waals surface area (Å²) in [4.78, 5) is 2.41. The Bertz CT molecular complexity index is 579. The molecule has 0 aliphatic rings. The molecule has 0 fully saturated rings. The van der Waals surface area contributed by atoms with Gasteiger partial charge in [-0.2, -0.15) is 0 Å². The molecule has 0 spiro atoms. The molecule has 0 radical (unpaired) electrons. The molecule has 2 N–H and O–H groups in total. The minimum absolute atomic E-state index is 0.533. The van der Waals surface area contributed by atoms with Crippen molar-refractivity contribution in [1.29, 1.82) is 0 Å². The van der Waals surface area contributed by atoms with Gasteiger partial charge in [0, 0.05) is 18.7 Å². The molecule has 0 saturated heterocycles. The van der Waals surface area contributed by atoms with Crippen molar-refractivity contribution in [1.82, 2.24) is 4.90 Å². The number of nitrogens with zero attached hydrogens (tertiary/aromatic N) is 1. The lowest BCUT2D eigenvalue weighted by Gasteiger charge is -2.18. The van der Waals surface area contributed by atoms with Crippen LogP contribution in [0.3, 0.4) is 0 Å². The van der Waals surface area contributed by atoms with Crippen LogP contribution in [-0.2, 0) is 6.54 Å². The van der Waals surface area contributed by atoms with Crippen LogP contribution < -0.4 is 10.5 Å². The standard InChI is InChI=1S/C20H28N2O/c1-3-22(4-2)13-8-14-23-20-15-17(16-21)11-12-19(20)18-9-6-5-7-10-18/h5-7,9-12,15H,3-4,8,13-14,16,21H2,1-2H3. The third kappa shape index (κ3) is 5.08. The molecule has 0 amide bonds. The van der Waals surface area contributed by atoms with Gasteiger partial charge in [0.15, 0.2) is 0 Å².